The fraction of sp³-hybridized carbons (Fsp3) is 0.353. The van der Waals surface area contributed by atoms with Crippen LogP contribution in [0, 0.1) is 0 Å². The third kappa shape index (κ3) is 2.44. The number of methoxy groups -OCH3 is 2. The molecule has 0 fully saturated rings. The van der Waals surface area contributed by atoms with Gasteiger partial charge in [0.05, 0.1) is 20.3 Å². The quantitative estimate of drug-likeness (QED) is 0.802. The Labute approximate surface area is 129 Å². The van der Waals surface area contributed by atoms with Crippen LogP contribution >= 0.6 is 11.3 Å². The van der Waals surface area contributed by atoms with Gasteiger partial charge in [0, 0.05) is 10.8 Å². The lowest BCUT2D eigenvalue weighted by molar-refractivity contribution is 0.352. The van der Waals surface area contributed by atoms with Crippen molar-refractivity contribution in [2.45, 2.75) is 24.8 Å². The number of ether oxygens (including phenoxy) is 2. The minimum Gasteiger partial charge on any atom is -0.493 e. The summed E-state index contributed by atoms with van der Waals surface area (Å²) in [5.74, 6) is 1.85. The number of hydrogen-bond donors (Lipinski definition) is 0. The van der Waals surface area contributed by atoms with Crippen LogP contribution in [0.2, 0.25) is 0 Å². The van der Waals surface area contributed by atoms with Gasteiger partial charge in [0.25, 0.3) is 0 Å². The van der Waals surface area contributed by atoms with Crippen molar-refractivity contribution in [1.29, 1.82) is 0 Å². The first-order chi connectivity index (χ1) is 10.3. The maximum absolute atomic E-state index is 5.47. The molecule has 1 aromatic carbocycles. The third-order valence-corrected chi connectivity index (χ3v) is 5.11. The fourth-order valence-corrected chi connectivity index (χ4v) is 4.03. The fourth-order valence-electron chi connectivity index (χ4n) is 3.13. The predicted octanol–water partition coefficient (Wildman–Crippen LogP) is 3.91. The molecule has 4 heteroatoms. The minimum absolute atomic E-state index is 0.231. The lowest BCUT2D eigenvalue weighted by Crippen LogP contribution is -2.24. The summed E-state index contributed by atoms with van der Waals surface area (Å²) in [7, 11) is 3.36. The topological polar surface area (TPSA) is 30.8 Å². The molecule has 0 saturated heterocycles. The van der Waals surface area contributed by atoms with Crippen molar-refractivity contribution in [3.05, 3.63) is 45.6 Å². The Kier molecular flexibility index (Phi) is 3.97. The van der Waals surface area contributed by atoms with Crippen molar-refractivity contribution in [1.82, 2.24) is 0 Å². The van der Waals surface area contributed by atoms with Crippen molar-refractivity contribution >= 4 is 18.1 Å². The summed E-state index contributed by atoms with van der Waals surface area (Å²) < 4.78 is 10.9. The summed E-state index contributed by atoms with van der Waals surface area (Å²) in [6.07, 6.45) is 2.02. The molecule has 3 rings (SSSR count). The molecule has 0 aliphatic heterocycles. The Bertz CT molecular complexity index is 636. The molecule has 21 heavy (non-hydrogen) atoms. The summed E-state index contributed by atoms with van der Waals surface area (Å²) in [5.41, 5.74) is 2.62. The van der Waals surface area contributed by atoms with Crippen molar-refractivity contribution in [2.75, 3.05) is 14.2 Å². The van der Waals surface area contributed by atoms with E-state index in [1.807, 2.05) is 0 Å². The molecule has 0 unspecified atom stereocenters. The molecular formula is C17H19NO2S. The summed E-state index contributed by atoms with van der Waals surface area (Å²) in [5, 5.41) is 2.12. The van der Waals surface area contributed by atoms with Gasteiger partial charge in [-0.05, 0) is 54.3 Å². The first-order valence-electron chi connectivity index (χ1n) is 7.02. The molecule has 0 saturated carbocycles. The smallest absolute Gasteiger partial charge is 0.161 e. The van der Waals surface area contributed by atoms with Gasteiger partial charge in [-0.3, -0.25) is 4.99 Å². The maximum atomic E-state index is 5.47. The third-order valence-electron chi connectivity index (χ3n) is 4.16. The Morgan fingerprint density at radius 3 is 2.62 bits per heavy atom. The lowest BCUT2D eigenvalue weighted by Gasteiger charge is -2.31. The monoisotopic (exact) mass is 301 g/mol. The first-order valence-corrected chi connectivity index (χ1v) is 7.90. The molecule has 0 amide bonds. The standard InChI is InChI=1S/C17H19NO2S/c1-18-13-7-6-11-9-14(19-2)15(20-3)10-12(11)17(13)16-5-4-8-21-16/h4-5,8-10,13,17H,1,6-7H2,2-3H3/t13-,17-/m0/s1. The molecule has 1 aromatic heterocycles. The van der Waals surface area contributed by atoms with E-state index in [1.165, 1.54) is 16.0 Å². The minimum atomic E-state index is 0.231. The lowest BCUT2D eigenvalue weighted by atomic mass is 9.78. The van der Waals surface area contributed by atoms with Crippen molar-refractivity contribution in [3.63, 3.8) is 0 Å². The van der Waals surface area contributed by atoms with E-state index in [9.17, 15) is 0 Å². The van der Waals surface area contributed by atoms with Gasteiger partial charge >= 0.3 is 0 Å². The molecule has 0 spiro atoms. The molecule has 0 N–H and O–H groups in total. The molecule has 0 radical (unpaired) electrons. The number of aliphatic imine (C=N–C) groups is 1. The molecule has 2 atom stereocenters. The molecule has 1 aliphatic carbocycles. The van der Waals surface area contributed by atoms with Crippen LogP contribution in [0.25, 0.3) is 0 Å². The molecular weight excluding hydrogens is 282 g/mol. The molecule has 110 valence electrons. The van der Waals surface area contributed by atoms with Crippen LogP contribution in [0.4, 0.5) is 0 Å². The summed E-state index contributed by atoms with van der Waals surface area (Å²) >= 11 is 1.78. The van der Waals surface area contributed by atoms with E-state index in [0.29, 0.717) is 0 Å². The van der Waals surface area contributed by atoms with E-state index in [0.717, 1.165) is 24.3 Å². The van der Waals surface area contributed by atoms with E-state index in [4.69, 9.17) is 9.47 Å². The van der Waals surface area contributed by atoms with E-state index in [2.05, 4.69) is 41.4 Å². The van der Waals surface area contributed by atoms with Gasteiger partial charge in [-0.2, -0.15) is 0 Å². The Hall–Kier alpha value is -1.81. The van der Waals surface area contributed by atoms with Gasteiger partial charge in [-0.1, -0.05) is 6.07 Å². The van der Waals surface area contributed by atoms with Gasteiger partial charge in [-0.15, -0.1) is 11.3 Å². The normalized spacial score (nSPS) is 20.7. The molecule has 0 bridgehead atoms. The van der Waals surface area contributed by atoms with E-state index < -0.39 is 0 Å². The maximum Gasteiger partial charge on any atom is 0.161 e. The van der Waals surface area contributed by atoms with Crippen LogP contribution in [-0.2, 0) is 6.42 Å². The Morgan fingerprint density at radius 1 is 1.24 bits per heavy atom. The van der Waals surface area contributed by atoms with Gasteiger partial charge in [0.2, 0.25) is 0 Å². The second-order valence-electron chi connectivity index (χ2n) is 5.19. The van der Waals surface area contributed by atoms with Crippen LogP contribution in [0.15, 0.2) is 34.6 Å². The van der Waals surface area contributed by atoms with Gasteiger partial charge in [0.15, 0.2) is 11.5 Å². The second kappa shape index (κ2) is 5.90. The Morgan fingerprint density at radius 2 is 2.00 bits per heavy atom. The van der Waals surface area contributed by atoms with Gasteiger partial charge < -0.3 is 9.47 Å². The number of benzene rings is 1. The zero-order chi connectivity index (χ0) is 14.8. The van der Waals surface area contributed by atoms with E-state index in [1.54, 1.807) is 25.6 Å². The van der Waals surface area contributed by atoms with Crippen molar-refractivity contribution < 1.29 is 9.47 Å². The highest BCUT2D eigenvalue weighted by Gasteiger charge is 2.32. The molecule has 1 aliphatic rings. The zero-order valence-corrected chi connectivity index (χ0v) is 13.2. The van der Waals surface area contributed by atoms with Crippen molar-refractivity contribution in [2.24, 2.45) is 4.99 Å². The highest BCUT2D eigenvalue weighted by atomic mass is 32.1. The molecule has 1 heterocycles. The molecule has 2 aromatic rings. The van der Waals surface area contributed by atoms with Crippen LogP contribution in [0.5, 0.6) is 11.5 Å². The average molecular weight is 301 g/mol. The Balaban J connectivity index is 2.14. The number of rotatable bonds is 4. The van der Waals surface area contributed by atoms with Crippen LogP contribution in [0.1, 0.15) is 28.3 Å². The SMILES string of the molecule is C=N[C@H]1CCc2cc(OC)c(OC)cc2[C@@H]1c1cccs1. The number of aryl methyl sites for hydroxylation is 1. The predicted molar refractivity (Wildman–Crippen MR) is 87.4 cm³/mol. The second-order valence-corrected chi connectivity index (χ2v) is 6.17. The average Bonchev–Trinajstić information content (AvgIpc) is 3.06. The number of fused-ring (bicyclic) bond motifs is 1. The number of nitrogens with zero attached hydrogens (tertiary/aromatic N) is 1. The number of thiophene rings is 1. The van der Waals surface area contributed by atoms with E-state index in [-0.39, 0.29) is 12.0 Å². The molecule has 3 nitrogen and oxygen atoms in total. The van der Waals surface area contributed by atoms with Crippen LogP contribution < -0.4 is 9.47 Å². The van der Waals surface area contributed by atoms with Crippen LogP contribution in [0.3, 0.4) is 0 Å². The zero-order valence-electron chi connectivity index (χ0n) is 12.3. The highest BCUT2D eigenvalue weighted by Crippen LogP contribution is 2.44. The van der Waals surface area contributed by atoms with Crippen molar-refractivity contribution in [3.8, 4) is 11.5 Å². The summed E-state index contributed by atoms with van der Waals surface area (Å²) in [6.45, 7) is 3.79. The summed E-state index contributed by atoms with van der Waals surface area (Å²) in [6, 6.07) is 8.72. The van der Waals surface area contributed by atoms with E-state index >= 15 is 0 Å². The first kappa shape index (κ1) is 14.1. The number of hydrogen-bond acceptors (Lipinski definition) is 4. The van der Waals surface area contributed by atoms with Crippen LogP contribution in [-0.4, -0.2) is 27.0 Å². The highest BCUT2D eigenvalue weighted by molar-refractivity contribution is 7.10. The van der Waals surface area contributed by atoms with Gasteiger partial charge in [-0.25, -0.2) is 0 Å². The summed E-state index contributed by atoms with van der Waals surface area (Å²) in [4.78, 5) is 5.70. The largest absolute Gasteiger partial charge is 0.493 e. The van der Waals surface area contributed by atoms with Gasteiger partial charge in [0.1, 0.15) is 0 Å².